The molecule has 0 radical (unpaired) electrons. The van der Waals surface area contributed by atoms with Crippen molar-refractivity contribution < 1.29 is 4.42 Å². The monoisotopic (exact) mass is 473 g/mol. The number of rotatable bonds is 7. The van der Waals surface area contributed by atoms with E-state index in [4.69, 9.17) is 4.42 Å². The van der Waals surface area contributed by atoms with Crippen molar-refractivity contribution in [2.75, 3.05) is 37.6 Å². The number of aromatic nitrogens is 5. The fourth-order valence-corrected chi connectivity index (χ4v) is 5.53. The first kappa shape index (κ1) is 23.6. The highest BCUT2D eigenvalue weighted by atomic mass is 16.4. The largest absolute Gasteiger partial charge is 0.421 e. The van der Waals surface area contributed by atoms with Crippen molar-refractivity contribution in [1.29, 1.82) is 0 Å². The lowest BCUT2D eigenvalue weighted by Crippen LogP contribution is -2.49. The molecule has 0 spiro atoms. The van der Waals surface area contributed by atoms with E-state index in [1.165, 1.54) is 5.57 Å². The number of hydrogen-bond acceptors (Lipinski definition) is 8. The van der Waals surface area contributed by atoms with Gasteiger partial charge in [-0.2, -0.15) is 0 Å². The third kappa shape index (κ3) is 5.59. The van der Waals surface area contributed by atoms with Gasteiger partial charge in [0.2, 0.25) is 17.7 Å². The van der Waals surface area contributed by atoms with Crippen LogP contribution in [0.1, 0.15) is 33.1 Å². The van der Waals surface area contributed by atoms with Gasteiger partial charge in [-0.05, 0) is 55.2 Å². The van der Waals surface area contributed by atoms with E-state index in [9.17, 15) is 0 Å². The number of hydrogen-bond donors (Lipinski definition) is 0. The van der Waals surface area contributed by atoms with Crippen LogP contribution in [-0.2, 0) is 6.42 Å². The zero-order chi connectivity index (χ0) is 24.2. The van der Waals surface area contributed by atoms with E-state index in [0.717, 1.165) is 63.0 Å². The lowest BCUT2D eigenvalue weighted by Gasteiger charge is -2.41. The van der Waals surface area contributed by atoms with Crippen molar-refractivity contribution in [3.05, 3.63) is 60.5 Å². The molecule has 3 unspecified atom stereocenters. The average molecular weight is 474 g/mol. The van der Waals surface area contributed by atoms with Crippen LogP contribution in [0.3, 0.4) is 0 Å². The Morgan fingerprint density at radius 3 is 2.46 bits per heavy atom. The molecule has 5 rings (SSSR count). The highest BCUT2D eigenvalue weighted by Gasteiger charge is 2.34. The van der Waals surface area contributed by atoms with Crippen LogP contribution >= 0.6 is 0 Å². The number of nitrogens with zero attached hydrogens (tertiary/aromatic N) is 7. The molecule has 3 aromatic rings. The Bertz CT molecular complexity index is 1110. The first-order chi connectivity index (χ1) is 17.1. The molecule has 0 bridgehead atoms. The molecular formula is C27H35N7O. The molecule has 4 heterocycles. The minimum absolute atomic E-state index is 0.441. The predicted octanol–water partition coefficient (Wildman–Crippen LogP) is 4.14. The summed E-state index contributed by atoms with van der Waals surface area (Å²) in [5.41, 5.74) is 2.36. The van der Waals surface area contributed by atoms with Crippen molar-refractivity contribution in [3.63, 3.8) is 0 Å². The van der Waals surface area contributed by atoms with Gasteiger partial charge in [-0.1, -0.05) is 25.5 Å². The molecule has 3 aromatic heterocycles. The van der Waals surface area contributed by atoms with Crippen molar-refractivity contribution in [2.45, 2.75) is 33.6 Å². The summed E-state index contributed by atoms with van der Waals surface area (Å²) in [5.74, 6) is 4.41. The van der Waals surface area contributed by atoms with Crippen molar-refractivity contribution in [1.82, 2.24) is 30.0 Å². The lowest BCUT2D eigenvalue weighted by atomic mass is 9.69. The van der Waals surface area contributed by atoms with Gasteiger partial charge in [0.1, 0.15) is 0 Å². The van der Waals surface area contributed by atoms with Gasteiger partial charge in [0.15, 0.2) is 0 Å². The second kappa shape index (κ2) is 10.6. The number of allylic oxidation sites excluding steroid dienone is 1. The molecule has 0 N–H and O–H groups in total. The second-order valence-electron chi connectivity index (χ2n) is 10.2. The van der Waals surface area contributed by atoms with Crippen LogP contribution in [0.5, 0.6) is 0 Å². The van der Waals surface area contributed by atoms with Gasteiger partial charge in [-0.3, -0.25) is 9.88 Å². The van der Waals surface area contributed by atoms with Gasteiger partial charge in [0.25, 0.3) is 0 Å². The van der Waals surface area contributed by atoms with Crippen LogP contribution < -0.4 is 4.90 Å². The van der Waals surface area contributed by atoms with E-state index in [-0.39, 0.29) is 0 Å². The minimum atomic E-state index is 0.441. The van der Waals surface area contributed by atoms with Crippen LogP contribution in [-0.4, -0.2) is 62.8 Å². The average Bonchev–Trinajstić information content (AvgIpc) is 3.35. The second-order valence-corrected chi connectivity index (χ2v) is 10.2. The molecule has 0 aromatic carbocycles. The summed E-state index contributed by atoms with van der Waals surface area (Å²) in [7, 11) is 0. The molecule has 1 saturated heterocycles. The van der Waals surface area contributed by atoms with Gasteiger partial charge in [0.05, 0.1) is 0 Å². The zero-order valence-electron chi connectivity index (χ0n) is 20.9. The maximum atomic E-state index is 6.01. The Labute approximate surface area is 207 Å². The zero-order valence-corrected chi connectivity index (χ0v) is 20.9. The van der Waals surface area contributed by atoms with Crippen LogP contribution in [0.25, 0.3) is 11.5 Å². The van der Waals surface area contributed by atoms with Gasteiger partial charge in [-0.25, -0.2) is 9.97 Å². The fraction of sp³-hybridized carbons (Fsp3) is 0.519. The maximum absolute atomic E-state index is 6.01. The SMILES string of the molecule is CC1=CC(CN2CCN(c3ncccn3)CC2)C(C(C)C)CC1Cc1nnc(-c2ccncc2)o1. The summed E-state index contributed by atoms with van der Waals surface area (Å²) in [6.45, 7) is 12.2. The Balaban J connectivity index is 1.22. The first-order valence-corrected chi connectivity index (χ1v) is 12.7. The van der Waals surface area contributed by atoms with Crippen LogP contribution in [0.2, 0.25) is 0 Å². The number of anilines is 1. The summed E-state index contributed by atoms with van der Waals surface area (Å²) < 4.78 is 6.01. The molecule has 0 amide bonds. The van der Waals surface area contributed by atoms with E-state index in [1.807, 2.05) is 30.6 Å². The quantitative estimate of drug-likeness (QED) is 0.474. The van der Waals surface area contributed by atoms with E-state index >= 15 is 0 Å². The Hall–Kier alpha value is -3.13. The minimum Gasteiger partial charge on any atom is -0.421 e. The number of piperazine rings is 1. The molecule has 2 aliphatic rings. The molecule has 35 heavy (non-hydrogen) atoms. The fourth-order valence-electron chi connectivity index (χ4n) is 5.53. The van der Waals surface area contributed by atoms with E-state index in [1.54, 1.807) is 12.4 Å². The summed E-state index contributed by atoms with van der Waals surface area (Å²) in [5, 5.41) is 8.62. The Kier molecular flexibility index (Phi) is 7.18. The Morgan fingerprint density at radius 2 is 1.74 bits per heavy atom. The Morgan fingerprint density at radius 1 is 1.00 bits per heavy atom. The standard InChI is InChI=1S/C27H35N7O/c1-19(2)24-16-22(17-25-31-32-26(35-25)21-5-9-28-10-6-21)20(3)15-23(24)18-33-11-13-34(14-12-33)27-29-7-4-8-30-27/h4-10,15,19,22-24H,11-14,16-18H2,1-3H3. The van der Waals surface area contributed by atoms with E-state index in [2.05, 4.69) is 61.8 Å². The van der Waals surface area contributed by atoms with Gasteiger partial charge in [-0.15, -0.1) is 10.2 Å². The van der Waals surface area contributed by atoms with Gasteiger partial charge < -0.3 is 9.32 Å². The summed E-state index contributed by atoms with van der Waals surface area (Å²) in [6.07, 6.45) is 11.6. The number of pyridine rings is 1. The van der Waals surface area contributed by atoms with Crippen molar-refractivity contribution in [2.24, 2.45) is 23.7 Å². The summed E-state index contributed by atoms with van der Waals surface area (Å²) >= 11 is 0. The van der Waals surface area contributed by atoms with Crippen LogP contribution in [0.4, 0.5) is 5.95 Å². The van der Waals surface area contributed by atoms with Gasteiger partial charge in [0, 0.05) is 69.5 Å². The maximum Gasteiger partial charge on any atom is 0.247 e. The van der Waals surface area contributed by atoms with Crippen LogP contribution in [0.15, 0.2) is 59.1 Å². The smallest absolute Gasteiger partial charge is 0.247 e. The molecule has 184 valence electrons. The normalized spacial score (nSPS) is 23.5. The molecule has 1 fully saturated rings. The van der Waals surface area contributed by atoms with Crippen molar-refractivity contribution >= 4 is 5.95 Å². The molecule has 1 aliphatic carbocycles. The molecular weight excluding hydrogens is 438 g/mol. The van der Waals surface area contributed by atoms with Gasteiger partial charge >= 0.3 is 0 Å². The lowest BCUT2D eigenvalue weighted by molar-refractivity contribution is 0.154. The highest BCUT2D eigenvalue weighted by molar-refractivity contribution is 5.50. The topological polar surface area (TPSA) is 84.1 Å². The first-order valence-electron chi connectivity index (χ1n) is 12.7. The molecule has 0 saturated carbocycles. The molecule has 3 atom stereocenters. The van der Waals surface area contributed by atoms with E-state index < -0.39 is 0 Å². The predicted molar refractivity (Wildman–Crippen MR) is 136 cm³/mol. The summed E-state index contributed by atoms with van der Waals surface area (Å²) in [6, 6.07) is 5.67. The summed E-state index contributed by atoms with van der Waals surface area (Å²) in [4.78, 5) is 17.8. The third-order valence-corrected chi connectivity index (χ3v) is 7.58. The molecule has 1 aliphatic heterocycles. The van der Waals surface area contributed by atoms with Crippen LogP contribution in [0, 0.1) is 23.7 Å². The third-order valence-electron chi connectivity index (χ3n) is 7.58. The molecule has 8 heteroatoms. The highest BCUT2D eigenvalue weighted by Crippen LogP contribution is 2.39. The molecule has 8 nitrogen and oxygen atoms in total. The van der Waals surface area contributed by atoms with Crippen molar-refractivity contribution in [3.8, 4) is 11.5 Å². The van der Waals surface area contributed by atoms with E-state index in [0.29, 0.717) is 29.6 Å².